The summed E-state index contributed by atoms with van der Waals surface area (Å²) in [5.74, 6) is 1.69. The smallest absolute Gasteiger partial charge is 0.0241 e. The van der Waals surface area contributed by atoms with E-state index in [1.165, 1.54) is 56.9 Å². The normalized spacial score (nSPS) is 22.4. The van der Waals surface area contributed by atoms with Gasteiger partial charge in [-0.2, -0.15) is 0 Å². The maximum atomic E-state index is 2.43. The lowest BCUT2D eigenvalue weighted by Crippen LogP contribution is -2.04. The van der Waals surface area contributed by atoms with Gasteiger partial charge < -0.3 is 0 Å². The van der Waals surface area contributed by atoms with Crippen molar-refractivity contribution < 1.29 is 0 Å². The van der Waals surface area contributed by atoms with Crippen molar-refractivity contribution in [2.75, 3.05) is 0 Å². The van der Waals surface area contributed by atoms with Crippen LogP contribution in [0.3, 0.4) is 0 Å². The second-order valence-corrected chi connectivity index (χ2v) is 6.28. The van der Waals surface area contributed by atoms with Gasteiger partial charge in [-0.15, -0.1) is 0 Å². The van der Waals surface area contributed by atoms with Gasteiger partial charge in [0, 0.05) is 0 Å². The highest BCUT2D eigenvalue weighted by Gasteiger charge is 2.11. The zero-order valence-electron chi connectivity index (χ0n) is 12.1. The Morgan fingerprint density at radius 2 is 1.89 bits per heavy atom. The van der Waals surface area contributed by atoms with Crippen molar-refractivity contribution >= 4 is 0 Å². The summed E-state index contributed by atoms with van der Waals surface area (Å²) in [5, 5.41) is 0. The SMILES string of the molecule is CC(C)C1=CC=C(/C=C\CC2CCCCC2)CC1. The molecular formula is C18H28. The monoisotopic (exact) mass is 244 g/mol. The molecule has 2 rings (SSSR count). The van der Waals surface area contributed by atoms with Gasteiger partial charge in [0.05, 0.1) is 0 Å². The molecule has 0 aromatic carbocycles. The fourth-order valence-corrected chi connectivity index (χ4v) is 3.12. The third-order valence-electron chi connectivity index (χ3n) is 4.48. The van der Waals surface area contributed by atoms with Crippen LogP contribution in [0.5, 0.6) is 0 Å². The summed E-state index contributed by atoms with van der Waals surface area (Å²) in [4.78, 5) is 0. The number of rotatable bonds is 4. The Balaban J connectivity index is 1.79. The van der Waals surface area contributed by atoms with Crippen LogP contribution in [0.2, 0.25) is 0 Å². The highest BCUT2D eigenvalue weighted by molar-refractivity contribution is 5.31. The molecule has 0 aromatic rings. The van der Waals surface area contributed by atoms with Crippen LogP contribution >= 0.6 is 0 Å². The highest BCUT2D eigenvalue weighted by atomic mass is 14.2. The van der Waals surface area contributed by atoms with E-state index in [2.05, 4.69) is 38.2 Å². The molecule has 0 radical (unpaired) electrons. The lowest BCUT2D eigenvalue weighted by Gasteiger charge is -2.20. The average Bonchev–Trinajstić information content (AvgIpc) is 2.40. The topological polar surface area (TPSA) is 0 Å². The Kier molecular flexibility index (Phi) is 5.28. The predicted octanol–water partition coefficient (Wildman–Crippen LogP) is 5.82. The van der Waals surface area contributed by atoms with Crippen LogP contribution in [-0.4, -0.2) is 0 Å². The molecule has 0 bridgehead atoms. The van der Waals surface area contributed by atoms with Crippen molar-refractivity contribution in [3.05, 3.63) is 35.5 Å². The van der Waals surface area contributed by atoms with Gasteiger partial charge in [-0.05, 0) is 36.7 Å². The summed E-state index contributed by atoms with van der Waals surface area (Å²) in [6.45, 7) is 4.59. The molecule has 2 aliphatic rings. The summed E-state index contributed by atoms with van der Waals surface area (Å²) >= 11 is 0. The van der Waals surface area contributed by atoms with E-state index in [1.807, 2.05) is 0 Å². The van der Waals surface area contributed by atoms with Crippen LogP contribution in [0.4, 0.5) is 0 Å². The summed E-state index contributed by atoms with van der Waals surface area (Å²) in [6, 6.07) is 0. The van der Waals surface area contributed by atoms with Gasteiger partial charge in [-0.1, -0.05) is 75.8 Å². The molecule has 18 heavy (non-hydrogen) atoms. The molecule has 1 fully saturated rings. The minimum atomic E-state index is 0.717. The second kappa shape index (κ2) is 6.97. The minimum Gasteiger partial charge on any atom is -0.0840 e. The lowest BCUT2D eigenvalue weighted by atomic mass is 9.86. The molecular weight excluding hydrogens is 216 g/mol. The Morgan fingerprint density at radius 1 is 1.11 bits per heavy atom. The lowest BCUT2D eigenvalue weighted by molar-refractivity contribution is 0.361. The van der Waals surface area contributed by atoms with Crippen LogP contribution in [0, 0.1) is 11.8 Å². The Bertz CT molecular complexity index is 335. The van der Waals surface area contributed by atoms with E-state index in [1.54, 1.807) is 5.57 Å². The van der Waals surface area contributed by atoms with Gasteiger partial charge in [0.15, 0.2) is 0 Å². The van der Waals surface area contributed by atoms with E-state index in [9.17, 15) is 0 Å². The number of hydrogen-bond donors (Lipinski definition) is 0. The molecule has 0 saturated heterocycles. The molecule has 0 heterocycles. The van der Waals surface area contributed by atoms with Crippen molar-refractivity contribution in [1.82, 2.24) is 0 Å². The van der Waals surface area contributed by atoms with Crippen molar-refractivity contribution in [1.29, 1.82) is 0 Å². The quantitative estimate of drug-likeness (QED) is 0.585. The first kappa shape index (κ1) is 13.6. The first-order chi connectivity index (χ1) is 8.75. The van der Waals surface area contributed by atoms with E-state index in [0.717, 1.165) is 5.92 Å². The first-order valence-corrected chi connectivity index (χ1v) is 7.82. The summed E-state index contributed by atoms with van der Waals surface area (Å²) in [5.41, 5.74) is 3.13. The molecule has 0 amide bonds. The van der Waals surface area contributed by atoms with Gasteiger partial charge >= 0.3 is 0 Å². The molecule has 0 atom stereocenters. The van der Waals surface area contributed by atoms with Gasteiger partial charge in [-0.3, -0.25) is 0 Å². The maximum absolute atomic E-state index is 2.43. The minimum absolute atomic E-state index is 0.717. The van der Waals surface area contributed by atoms with E-state index in [4.69, 9.17) is 0 Å². The molecule has 0 aliphatic heterocycles. The third kappa shape index (κ3) is 4.15. The number of hydrogen-bond acceptors (Lipinski definition) is 0. The van der Waals surface area contributed by atoms with Crippen LogP contribution in [-0.2, 0) is 0 Å². The van der Waals surface area contributed by atoms with Gasteiger partial charge in [-0.25, -0.2) is 0 Å². The van der Waals surface area contributed by atoms with Crippen molar-refractivity contribution in [2.24, 2.45) is 11.8 Å². The van der Waals surface area contributed by atoms with Crippen LogP contribution < -0.4 is 0 Å². The Hall–Kier alpha value is -0.780. The van der Waals surface area contributed by atoms with Crippen LogP contribution in [0.15, 0.2) is 35.5 Å². The van der Waals surface area contributed by atoms with E-state index in [-0.39, 0.29) is 0 Å². The van der Waals surface area contributed by atoms with Crippen LogP contribution in [0.25, 0.3) is 0 Å². The summed E-state index contributed by atoms with van der Waals surface area (Å²) < 4.78 is 0. The fraction of sp³-hybridized carbons (Fsp3) is 0.667. The largest absolute Gasteiger partial charge is 0.0840 e. The van der Waals surface area contributed by atoms with Crippen molar-refractivity contribution in [3.63, 3.8) is 0 Å². The van der Waals surface area contributed by atoms with E-state index < -0.39 is 0 Å². The molecule has 0 spiro atoms. The van der Waals surface area contributed by atoms with E-state index >= 15 is 0 Å². The Morgan fingerprint density at radius 3 is 2.50 bits per heavy atom. The van der Waals surface area contributed by atoms with Crippen molar-refractivity contribution in [2.45, 2.75) is 65.2 Å². The molecule has 1 saturated carbocycles. The van der Waals surface area contributed by atoms with Gasteiger partial charge in [0.1, 0.15) is 0 Å². The summed E-state index contributed by atoms with van der Waals surface area (Å²) in [6.07, 6.45) is 20.6. The average molecular weight is 244 g/mol. The molecule has 0 heteroatoms. The van der Waals surface area contributed by atoms with Crippen molar-refractivity contribution in [3.8, 4) is 0 Å². The summed E-state index contributed by atoms with van der Waals surface area (Å²) in [7, 11) is 0. The number of allylic oxidation sites excluding steroid dienone is 6. The molecule has 0 unspecified atom stereocenters. The van der Waals surface area contributed by atoms with Gasteiger partial charge in [0.2, 0.25) is 0 Å². The van der Waals surface area contributed by atoms with Crippen LogP contribution in [0.1, 0.15) is 65.2 Å². The fourth-order valence-electron chi connectivity index (χ4n) is 3.12. The molecule has 0 N–H and O–H groups in total. The maximum Gasteiger partial charge on any atom is -0.0241 e. The zero-order chi connectivity index (χ0) is 12.8. The highest BCUT2D eigenvalue weighted by Crippen LogP contribution is 2.28. The first-order valence-electron chi connectivity index (χ1n) is 7.82. The third-order valence-corrected chi connectivity index (χ3v) is 4.48. The molecule has 0 nitrogen and oxygen atoms in total. The molecule has 0 aromatic heterocycles. The standard InChI is InChI=1S/C18H28/c1-15(2)18-13-11-17(12-14-18)10-6-9-16-7-4-3-5-8-16/h6,10-11,13,15-16H,3-5,7-9,12,14H2,1-2H3/b10-6-. The second-order valence-electron chi connectivity index (χ2n) is 6.28. The molecule has 2 aliphatic carbocycles. The Labute approximate surface area is 113 Å². The van der Waals surface area contributed by atoms with E-state index in [0.29, 0.717) is 5.92 Å². The zero-order valence-corrected chi connectivity index (χ0v) is 12.1. The predicted molar refractivity (Wildman–Crippen MR) is 80.6 cm³/mol. The molecule has 100 valence electrons. The van der Waals surface area contributed by atoms with Gasteiger partial charge in [0.25, 0.3) is 0 Å².